The third-order valence-corrected chi connectivity index (χ3v) is 3.27. The molecule has 0 spiro atoms. The van der Waals surface area contributed by atoms with Crippen LogP contribution in [0, 0.1) is 0 Å². The molecule has 1 N–H and O–H groups in total. The minimum absolute atomic E-state index is 0. The summed E-state index contributed by atoms with van der Waals surface area (Å²) < 4.78 is 26.0. The molecule has 68 valence electrons. The fraction of sp³-hybridized carbons (Fsp3) is 0. The second-order valence-electron chi connectivity index (χ2n) is 2.01. The van der Waals surface area contributed by atoms with Gasteiger partial charge in [0.2, 0.25) is 0 Å². The predicted molar refractivity (Wildman–Crippen MR) is 52.5 cm³/mol. The van der Waals surface area contributed by atoms with Crippen molar-refractivity contribution in [2.24, 2.45) is 0 Å². The van der Waals surface area contributed by atoms with Gasteiger partial charge in [-0.1, -0.05) is 0 Å². The van der Waals surface area contributed by atoms with E-state index < -0.39 is 10.1 Å². The summed E-state index contributed by atoms with van der Waals surface area (Å²) in [7, 11) is -3.71. The molecule has 0 unspecified atom stereocenters. The molecule has 0 radical (unpaired) electrons. The second-order valence-corrected chi connectivity index (χ2v) is 4.31. The Morgan fingerprint density at radius 2 is 1.69 bits per heavy atom. The first-order valence-electron chi connectivity index (χ1n) is 2.90. The summed E-state index contributed by atoms with van der Waals surface area (Å²) in [5, 5.41) is 8.85. The van der Waals surface area contributed by atoms with Crippen molar-refractivity contribution in [1.29, 1.82) is 0 Å². The third-order valence-electron chi connectivity index (χ3n) is 1.21. The Kier molecular flexibility index (Phi) is 5.50. The Labute approximate surface area is 107 Å². The molecule has 0 aromatic heterocycles. The van der Waals surface area contributed by atoms with E-state index in [2.05, 4.69) is 19.5 Å². The van der Waals surface area contributed by atoms with Crippen LogP contribution in [0.15, 0.2) is 29.2 Å². The Hall–Kier alpha value is 0.410. The van der Waals surface area contributed by atoms with Crippen LogP contribution < -0.4 is 0 Å². The average molecular weight is 277 g/mol. The molecule has 7 heteroatoms. The van der Waals surface area contributed by atoms with E-state index in [1.54, 1.807) is 0 Å². The van der Waals surface area contributed by atoms with Crippen LogP contribution in [0.1, 0.15) is 0 Å². The molecule has 0 saturated heterocycles. The number of rotatable bonds is 2. The van der Waals surface area contributed by atoms with Gasteiger partial charge in [0.25, 0.3) is 0 Å². The summed E-state index contributed by atoms with van der Waals surface area (Å²) in [4.78, 5) is -0.0165. The molecule has 0 aliphatic heterocycles. The molecular weight excluding hydrogens is 271 g/mol. The summed E-state index contributed by atoms with van der Waals surface area (Å²) in [5.41, 5.74) is 0. The summed E-state index contributed by atoms with van der Waals surface area (Å²) >= 11 is 2.38. The van der Waals surface area contributed by atoms with Gasteiger partial charge in [-0.3, -0.25) is 0 Å². The Morgan fingerprint density at radius 3 is 2.08 bits per heavy atom. The van der Waals surface area contributed by atoms with Crippen LogP contribution in [0.2, 0.25) is 0 Å². The minimum atomic E-state index is -3.71. The van der Waals surface area contributed by atoms with Gasteiger partial charge in [-0.2, -0.15) is 11.7 Å². The van der Waals surface area contributed by atoms with Gasteiger partial charge in [-0.15, -0.1) is 0 Å². The molecule has 1 rings (SSSR count). The first-order chi connectivity index (χ1) is 5.56. The third kappa shape index (κ3) is 3.57. The van der Waals surface area contributed by atoms with Gasteiger partial charge in [0.05, 0.1) is 4.90 Å². The normalized spacial score (nSPS) is 10.5. The van der Waals surface area contributed by atoms with Gasteiger partial charge in [-0.05, 0) is 24.3 Å². The molecule has 13 heavy (non-hydrogen) atoms. The molecule has 0 heterocycles. The molecule has 0 bridgehead atoms. The number of hydrogen-bond acceptors (Lipinski definition) is 4. The molecule has 0 fully saturated rings. The molecule has 0 amide bonds. The van der Waals surface area contributed by atoms with Crippen molar-refractivity contribution in [3.05, 3.63) is 24.3 Å². The SMILES string of the molecule is O=S(=O)(OBr)c1ccc(O)cc1.[NaH]. The maximum atomic E-state index is 11.0. The number of phenols is 1. The topological polar surface area (TPSA) is 63.6 Å². The van der Waals surface area contributed by atoms with E-state index in [1.807, 2.05) is 0 Å². The van der Waals surface area contributed by atoms with E-state index in [9.17, 15) is 8.42 Å². The zero-order valence-corrected chi connectivity index (χ0v) is 8.17. The zero-order valence-electron chi connectivity index (χ0n) is 5.77. The Bertz CT molecular complexity index is 361. The summed E-state index contributed by atoms with van der Waals surface area (Å²) in [5.74, 6) is 0.00326. The fourth-order valence-corrected chi connectivity index (χ4v) is 1.65. The molecule has 1 aromatic carbocycles. The summed E-state index contributed by atoms with van der Waals surface area (Å²) in [6.07, 6.45) is 0. The average Bonchev–Trinajstić information content (AvgIpc) is 2.05. The van der Waals surface area contributed by atoms with Crippen LogP contribution in [0.25, 0.3) is 0 Å². The van der Waals surface area contributed by atoms with Crippen molar-refractivity contribution in [3.8, 4) is 5.75 Å². The summed E-state index contributed by atoms with van der Waals surface area (Å²) in [6, 6.07) is 5.01. The van der Waals surface area contributed by atoms with Crippen LogP contribution in [-0.4, -0.2) is 43.1 Å². The van der Waals surface area contributed by atoms with Crippen LogP contribution in [0.4, 0.5) is 0 Å². The molecular formula is C6H6BrNaO4S. The van der Waals surface area contributed by atoms with Gasteiger partial charge in [0.15, 0.2) is 0 Å². The molecule has 0 aliphatic rings. The first-order valence-corrected chi connectivity index (χ1v) is 4.96. The number of phenolic OH excluding ortho intramolecular Hbond substituents is 1. The van der Waals surface area contributed by atoms with E-state index in [0.717, 1.165) is 0 Å². The van der Waals surface area contributed by atoms with Crippen LogP contribution >= 0.6 is 16.3 Å². The van der Waals surface area contributed by atoms with Crippen molar-refractivity contribution in [2.45, 2.75) is 4.90 Å². The van der Waals surface area contributed by atoms with Crippen molar-refractivity contribution in [3.63, 3.8) is 0 Å². The van der Waals surface area contributed by atoms with Crippen molar-refractivity contribution >= 4 is 55.9 Å². The molecule has 0 saturated carbocycles. The van der Waals surface area contributed by atoms with Gasteiger partial charge >= 0.3 is 39.7 Å². The predicted octanol–water partition coefficient (Wildman–Crippen LogP) is 0.759. The maximum absolute atomic E-state index is 11.0. The van der Waals surface area contributed by atoms with E-state index >= 15 is 0 Å². The Morgan fingerprint density at radius 1 is 1.23 bits per heavy atom. The van der Waals surface area contributed by atoms with Crippen LogP contribution in [-0.2, 0) is 13.4 Å². The second kappa shape index (κ2) is 5.33. The quantitative estimate of drug-likeness (QED) is 0.810. The number of hydrogen-bond donors (Lipinski definition) is 1. The van der Waals surface area contributed by atoms with Crippen molar-refractivity contribution in [2.75, 3.05) is 0 Å². The fourth-order valence-electron chi connectivity index (χ4n) is 0.649. The first kappa shape index (κ1) is 13.4. The molecule has 4 nitrogen and oxygen atoms in total. The van der Waals surface area contributed by atoms with E-state index in [-0.39, 0.29) is 40.2 Å². The van der Waals surface area contributed by atoms with Gasteiger partial charge in [0, 0.05) is 0 Å². The number of benzene rings is 1. The van der Waals surface area contributed by atoms with Crippen molar-refractivity contribution < 1.29 is 16.8 Å². The van der Waals surface area contributed by atoms with Crippen molar-refractivity contribution in [1.82, 2.24) is 0 Å². The monoisotopic (exact) mass is 276 g/mol. The molecule has 1 aromatic rings. The van der Waals surface area contributed by atoms with Crippen LogP contribution in [0.3, 0.4) is 0 Å². The van der Waals surface area contributed by atoms with Gasteiger partial charge in [0.1, 0.15) is 22.0 Å². The summed E-state index contributed by atoms with van der Waals surface area (Å²) in [6.45, 7) is 0. The van der Waals surface area contributed by atoms with E-state index in [0.29, 0.717) is 0 Å². The van der Waals surface area contributed by atoms with Gasteiger partial charge in [-0.25, -0.2) is 0 Å². The molecule has 0 aliphatic carbocycles. The molecule has 0 atom stereocenters. The zero-order chi connectivity index (χ0) is 9.19. The number of halogens is 1. The number of aromatic hydroxyl groups is 1. The van der Waals surface area contributed by atoms with Gasteiger partial charge < -0.3 is 5.11 Å². The standard InChI is InChI=1S/C6H5BrO4S.Na.H/c7-11-12(9,10)6-3-1-5(8)2-4-6;;/h1-4,8H;;. The van der Waals surface area contributed by atoms with Crippen LogP contribution in [0.5, 0.6) is 5.75 Å². The Balaban J connectivity index is 0.00000144. The van der Waals surface area contributed by atoms with E-state index in [4.69, 9.17) is 5.11 Å². The van der Waals surface area contributed by atoms with E-state index in [1.165, 1.54) is 24.3 Å².